The maximum atomic E-state index is 14.7. The molecule has 0 aliphatic rings. The molecule has 158 valence electrons. The molecule has 2 aromatic carbocycles. The van der Waals surface area contributed by atoms with Crippen LogP contribution < -0.4 is 5.56 Å². The minimum atomic E-state index is -1.15. The predicted octanol–water partition coefficient (Wildman–Crippen LogP) is 7.45. The summed E-state index contributed by atoms with van der Waals surface area (Å²) in [6.07, 6.45) is 1.03. The van der Waals surface area contributed by atoms with Crippen LogP contribution in [0.5, 0.6) is 0 Å². The maximum Gasteiger partial charge on any atom is 0.273 e. The number of pyridine rings is 1. The van der Waals surface area contributed by atoms with E-state index in [0.29, 0.717) is 33.1 Å². The molecule has 31 heavy (non-hydrogen) atoms. The zero-order valence-corrected chi connectivity index (χ0v) is 18.8. The van der Waals surface area contributed by atoms with E-state index >= 15 is 0 Å². The number of nitrogens with zero attached hydrogens (tertiary/aromatic N) is 1. The molecule has 2 aromatic heterocycles. The third-order valence-electron chi connectivity index (χ3n) is 5.32. The maximum absolute atomic E-state index is 14.7. The summed E-state index contributed by atoms with van der Waals surface area (Å²) in [7, 11) is 0. The van der Waals surface area contributed by atoms with Gasteiger partial charge < -0.3 is 5.41 Å². The van der Waals surface area contributed by atoms with Gasteiger partial charge in [0.2, 0.25) is 0 Å². The Bertz CT molecular complexity index is 1290. The number of halogens is 2. The highest BCUT2D eigenvalue weighted by Crippen LogP contribution is 2.33. The van der Waals surface area contributed by atoms with Crippen molar-refractivity contribution >= 4 is 38.7 Å². The predicted molar refractivity (Wildman–Crippen MR) is 129 cm³/mol. The second-order valence-corrected chi connectivity index (χ2v) is 9.34. The van der Waals surface area contributed by atoms with E-state index in [1.807, 2.05) is 43.3 Å². The lowest BCUT2D eigenvalue weighted by atomic mass is 9.94. The van der Waals surface area contributed by atoms with Gasteiger partial charge in [0.15, 0.2) is 0 Å². The molecule has 4 aromatic rings. The van der Waals surface area contributed by atoms with Gasteiger partial charge in [0.05, 0.1) is 0 Å². The number of hydrogen-bond donors (Lipinski definition) is 1. The van der Waals surface area contributed by atoms with Crippen molar-refractivity contribution in [2.24, 2.45) is 5.92 Å². The molecule has 0 aliphatic carbocycles. The molecule has 6 heteroatoms. The Hall–Kier alpha value is -2.76. The third kappa shape index (κ3) is 4.48. The molecule has 0 saturated carbocycles. The van der Waals surface area contributed by atoms with Crippen molar-refractivity contribution < 1.29 is 4.39 Å². The first-order valence-corrected chi connectivity index (χ1v) is 11.2. The molecule has 0 spiro atoms. The first kappa shape index (κ1) is 21.5. The smallest absolute Gasteiger partial charge is 0.273 e. The second kappa shape index (κ2) is 8.77. The number of aromatic nitrogens is 1. The molecule has 2 unspecified atom stereocenters. The summed E-state index contributed by atoms with van der Waals surface area (Å²) < 4.78 is 17.0. The van der Waals surface area contributed by atoms with Gasteiger partial charge in [0.1, 0.15) is 10.9 Å². The highest BCUT2D eigenvalue weighted by molar-refractivity contribution is 7.22. The zero-order valence-electron chi connectivity index (χ0n) is 17.2. The molecular formula is C25H22ClFN2OS. The van der Waals surface area contributed by atoms with Crippen molar-refractivity contribution in [2.75, 3.05) is 0 Å². The summed E-state index contributed by atoms with van der Waals surface area (Å²) in [5.74, 6) is -0.264. The topological polar surface area (TPSA) is 45.9 Å². The SMILES string of the molecule is CC(=N)CC(C)C(F)c1ccc(-n2ccc3cc(-c4ccc(Cl)cc4)sc3c2=O)cc1. The average molecular weight is 453 g/mol. The summed E-state index contributed by atoms with van der Waals surface area (Å²) in [5.41, 5.74) is 2.65. The largest absolute Gasteiger partial charge is 0.310 e. The van der Waals surface area contributed by atoms with Crippen LogP contribution in [0.25, 0.3) is 26.2 Å². The van der Waals surface area contributed by atoms with Gasteiger partial charge in [-0.1, -0.05) is 42.8 Å². The molecule has 0 bridgehead atoms. The Morgan fingerprint density at radius 3 is 2.45 bits per heavy atom. The van der Waals surface area contributed by atoms with Crippen LogP contribution >= 0.6 is 22.9 Å². The van der Waals surface area contributed by atoms with E-state index in [-0.39, 0.29) is 11.5 Å². The lowest BCUT2D eigenvalue weighted by Gasteiger charge is -2.17. The Morgan fingerprint density at radius 2 is 1.81 bits per heavy atom. The number of benzene rings is 2. The molecular weight excluding hydrogens is 431 g/mol. The Balaban J connectivity index is 1.65. The lowest BCUT2D eigenvalue weighted by molar-refractivity contribution is 0.251. The molecule has 1 N–H and O–H groups in total. The highest BCUT2D eigenvalue weighted by atomic mass is 35.5. The highest BCUT2D eigenvalue weighted by Gasteiger charge is 2.19. The number of thiophene rings is 1. The lowest BCUT2D eigenvalue weighted by Crippen LogP contribution is -2.16. The van der Waals surface area contributed by atoms with E-state index < -0.39 is 6.17 Å². The Kier molecular flexibility index (Phi) is 6.08. The van der Waals surface area contributed by atoms with E-state index in [9.17, 15) is 9.18 Å². The van der Waals surface area contributed by atoms with Crippen LogP contribution in [0.2, 0.25) is 5.02 Å². The molecule has 4 rings (SSSR count). The number of hydrogen-bond acceptors (Lipinski definition) is 3. The van der Waals surface area contributed by atoms with Gasteiger partial charge in [-0.05, 0) is 66.8 Å². The first-order chi connectivity index (χ1) is 14.8. The normalized spacial score (nSPS) is 13.3. The van der Waals surface area contributed by atoms with Crippen molar-refractivity contribution in [1.29, 1.82) is 5.41 Å². The van der Waals surface area contributed by atoms with Crippen LogP contribution in [0.1, 0.15) is 32.0 Å². The van der Waals surface area contributed by atoms with E-state index in [0.717, 1.165) is 15.8 Å². The van der Waals surface area contributed by atoms with Crippen LogP contribution in [0.15, 0.2) is 71.7 Å². The van der Waals surface area contributed by atoms with Gasteiger partial charge in [-0.2, -0.15) is 0 Å². The van der Waals surface area contributed by atoms with Gasteiger partial charge in [-0.3, -0.25) is 9.36 Å². The van der Waals surface area contributed by atoms with Crippen molar-refractivity contribution in [2.45, 2.75) is 26.4 Å². The second-order valence-electron chi connectivity index (χ2n) is 7.85. The van der Waals surface area contributed by atoms with Crippen molar-refractivity contribution in [3.8, 4) is 16.1 Å². The van der Waals surface area contributed by atoms with Crippen LogP contribution in [0.4, 0.5) is 4.39 Å². The van der Waals surface area contributed by atoms with E-state index in [4.69, 9.17) is 17.0 Å². The minimum Gasteiger partial charge on any atom is -0.310 e. The van der Waals surface area contributed by atoms with E-state index in [2.05, 4.69) is 0 Å². The summed E-state index contributed by atoms with van der Waals surface area (Å²) in [4.78, 5) is 14.1. The van der Waals surface area contributed by atoms with E-state index in [1.54, 1.807) is 42.0 Å². The van der Waals surface area contributed by atoms with Gasteiger partial charge in [-0.15, -0.1) is 11.3 Å². The summed E-state index contributed by atoms with van der Waals surface area (Å²) in [5, 5.41) is 9.14. The first-order valence-electron chi connectivity index (χ1n) is 10.0. The summed E-state index contributed by atoms with van der Waals surface area (Å²) in [6, 6.07) is 18.5. The Morgan fingerprint density at radius 1 is 1.13 bits per heavy atom. The monoisotopic (exact) mass is 452 g/mol. The molecule has 2 heterocycles. The van der Waals surface area contributed by atoms with Gasteiger partial charge in [0, 0.05) is 32.9 Å². The molecule has 0 amide bonds. The Labute approximate surface area is 189 Å². The molecule has 0 radical (unpaired) electrons. The molecule has 0 fully saturated rings. The number of nitrogens with one attached hydrogen (secondary N) is 1. The quantitative estimate of drug-likeness (QED) is 0.303. The van der Waals surface area contributed by atoms with E-state index in [1.165, 1.54) is 11.3 Å². The minimum absolute atomic E-state index is 0.0972. The average Bonchev–Trinajstić information content (AvgIpc) is 3.19. The van der Waals surface area contributed by atoms with Crippen LogP contribution in [0.3, 0.4) is 0 Å². The third-order valence-corrected chi connectivity index (χ3v) is 6.76. The fourth-order valence-corrected chi connectivity index (χ4v) is 4.94. The molecule has 0 saturated heterocycles. The van der Waals surface area contributed by atoms with Crippen molar-refractivity contribution in [1.82, 2.24) is 4.57 Å². The fraction of sp³-hybridized carbons (Fsp3) is 0.200. The van der Waals surface area contributed by atoms with Crippen LogP contribution in [-0.2, 0) is 0 Å². The number of fused-ring (bicyclic) bond motifs is 1. The van der Waals surface area contributed by atoms with Crippen LogP contribution in [0, 0.1) is 11.3 Å². The molecule has 0 aliphatic heterocycles. The summed E-state index contributed by atoms with van der Waals surface area (Å²) in [6.45, 7) is 3.50. The van der Waals surface area contributed by atoms with Gasteiger partial charge in [-0.25, -0.2) is 4.39 Å². The van der Waals surface area contributed by atoms with Crippen molar-refractivity contribution in [3.63, 3.8) is 0 Å². The number of alkyl halides is 1. The van der Waals surface area contributed by atoms with Crippen molar-refractivity contribution in [3.05, 3.63) is 87.8 Å². The number of rotatable bonds is 6. The van der Waals surface area contributed by atoms with Gasteiger partial charge in [0.25, 0.3) is 5.56 Å². The standard InChI is InChI=1S/C25H22ClFN2OS/c1-15(13-16(2)28)23(27)18-5-9-21(10-6-18)29-12-11-19-14-22(31-24(19)25(29)30)17-3-7-20(26)8-4-17/h3-12,14-15,23,28H,13H2,1-2H3. The summed E-state index contributed by atoms with van der Waals surface area (Å²) >= 11 is 7.43. The fourth-order valence-electron chi connectivity index (χ4n) is 3.72. The zero-order chi connectivity index (χ0) is 22.1. The van der Waals surface area contributed by atoms with Crippen LogP contribution in [-0.4, -0.2) is 10.3 Å². The molecule has 3 nitrogen and oxygen atoms in total. The van der Waals surface area contributed by atoms with Gasteiger partial charge >= 0.3 is 0 Å². The molecule has 2 atom stereocenters.